The van der Waals surface area contributed by atoms with Gasteiger partial charge in [0.2, 0.25) is 0 Å². The lowest BCUT2D eigenvalue weighted by atomic mass is 9.89. The summed E-state index contributed by atoms with van der Waals surface area (Å²) in [7, 11) is 0. The van der Waals surface area contributed by atoms with E-state index in [-0.39, 0.29) is 11.8 Å². The maximum Gasteiger partial charge on any atom is 0.401 e. The molecule has 0 aromatic heterocycles. The standard InChI is InChI=1S/C9H17F3N2S/c1-7-8(5-13,3-2-4-15-7)14-6-9(10,11)12/h7,14H,2-6,13H2,1H3. The maximum absolute atomic E-state index is 12.1. The van der Waals surface area contributed by atoms with Crippen LogP contribution in [-0.2, 0) is 0 Å². The van der Waals surface area contributed by atoms with Crippen molar-refractivity contribution in [2.45, 2.75) is 36.7 Å². The van der Waals surface area contributed by atoms with Crippen LogP contribution < -0.4 is 11.1 Å². The van der Waals surface area contributed by atoms with Crippen LogP contribution in [0.1, 0.15) is 19.8 Å². The van der Waals surface area contributed by atoms with Gasteiger partial charge in [-0.05, 0) is 18.6 Å². The average Bonchev–Trinajstić information content (AvgIpc) is 2.16. The predicted octanol–water partition coefficient (Wildman–Crippen LogP) is 1.75. The van der Waals surface area contributed by atoms with Gasteiger partial charge in [-0.1, -0.05) is 6.92 Å². The van der Waals surface area contributed by atoms with E-state index >= 15 is 0 Å². The highest BCUT2D eigenvalue weighted by Crippen LogP contribution is 2.33. The van der Waals surface area contributed by atoms with E-state index in [0.29, 0.717) is 0 Å². The molecule has 0 amide bonds. The van der Waals surface area contributed by atoms with Gasteiger partial charge in [0.05, 0.1) is 6.54 Å². The first-order chi connectivity index (χ1) is 6.90. The Morgan fingerprint density at radius 2 is 2.20 bits per heavy atom. The Hall–Kier alpha value is 0.0600. The molecule has 15 heavy (non-hydrogen) atoms. The zero-order valence-corrected chi connectivity index (χ0v) is 9.55. The minimum atomic E-state index is -4.16. The summed E-state index contributed by atoms with van der Waals surface area (Å²) in [6.07, 6.45) is -2.51. The van der Waals surface area contributed by atoms with E-state index in [4.69, 9.17) is 5.73 Å². The van der Waals surface area contributed by atoms with E-state index in [2.05, 4.69) is 5.32 Å². The highest BCUT2D eigenvalue weighted by atomic mass is 32.2. The first-order valence-electron chi connectivity index (χ1n) is 5.03. The van der Waals surface area contributed by atoms with E-state index in [1.54, 1.807) is 11.8 Å². The first kappa shape index (κ1) is 13.1. The zero-order chi connectivity index (χ0) is 11.5. The van der Waals surface area contributed by atoms with E-state index in [1.165, 1.54) is 0 Å². The monoisotopic (exact) mass is 242 g/mol. The minimum absolute atomic E-state index is 0.138. The molecule has 1 fully saturated rings. The number of nitrogens with one attached hydrogen (secondary N) is 1. The van der Waals surface area contributed by atoms with Crippen LogP contribution in [0.15, 0.2) is 0 Å². The molecule has 0 aliphatic carbocycles. The van der Waals surface area contributed by atoms with Gasteiger partial charge in [0.25, 0.3) is 0 Å². The Kier molecular flexibility index (Phi) is 4.31. The highest BCUT2D eigenvalue weighted by Gasteiger charge is 2.40. The molecule has 2 unspecified atom stereocenters. The SMILES string of the molecule is CC1SCCCC1(CN)NCC(F)(F)F. The normalized spacial score (nSPS) is 33.0. The summed E-state index contributed by atoms with van der Waals surface area (Å²) in [5.74, 6) is 1.01. The number of alkyl halides is 3. The summed E-state index contributed by atoms with van der Waals surface area (Å²) < 4.78 is 36.4. The molecule has 0 aromatic rings. The molecule has 0 saturated carbocycles. The third-order valence-electron chi connectivity index (χ3n) is 2.92. The molecule has 0 aromatic carbocycles. The van der Waals surface area contributed by atoms with Crippen molar-refractivity contribution in [3.63, 3.8) is 0 Å². The highest BCUT2D eigenvalue weighted by molar-refractivity contribution is 8.00. The average molecular weight is 242 g/mol. The molecule has 0 bridgehead atoms. The molecular weight excluding hydrogens is 225 g/mol. The molecule has 1 aliphatic heterocycles. The number of thioether (sulfide) groups is 1. The number of rotatable bonds is 3. The smallest absolute Gasteiger partial charge is 0.329 e. The van der Waals surface area contributed by atoms with E-state index in [9.17, 15) is 13.2 Å². The Morgan fingerprint density at radius 1 is 1.53 bits per heavy atom. The van der Waals surface area contributed by atoms with Crippen LogP contribution in [0.5, 0.6) is 0 Å². The van der Waals surface area contributed by atoms with Crippen molar-refractivity contribution in [3.8, 4) is 0 Å². The largest absolute Gasteiger partial charge is 0.401 e. The van der Waals surface area contributed by atoms with Crippen molar-refractivity contribution in [1.82, 2.24) is 5.32 Å². The van der Waals surface area contributed by atoms with Gasteiger partial charge in [-0.2, -0.15) is 24.9 Å². The van der Waals surface area contributed by atoms with E-state index < -0.39 is 18.3 Å². The van der Waals surface area contributed by atoms with Crippen molar-refractivity contribution in [3.05, 3.63) is 0 Å². The fraction of sp³-hybridized carbons (Fsp3) is 1.00. The van der Waals surface area contributed by atoms with Crippen LogP contribution in [0.25, 0.3) is 0 Å². The molecule has 6 heteroatoms. The van der Waals surface area contributed by atoms with Gasteiger partial charge in [0.15, 0.2) is 0 Å². The lowest BCUT2D eigenvalue weighted by molar-refractivity contribution is -0.128. The number of hydrogen-bond acceptors (Lipinski definition) is 3. The Morgan fingerprint density at radius 3 is 2.67 bits per heavy atom. The minimum Gasteiger partial charge on any atom is -0.329 e. The van der Waals surface area contributed by atoms with Crippen molar-refractivity contribution in [2.75, 3.05) is 18.8 Å². The fourth-order valence-corrected chi connectivity index (χ4v) is 3.14. The van der Waals surface area contributed by atoms with Gasteiger partial charge < -0.3 is 11.1 Å². The van der Waals surface area contributed by atoms with Crippen LogP contribution in [0.2, 0.25) is 0 Å². The molecule has 0 spiro atoms. The number of nitrogens with two attached hydrogens (primary N) is 1. The lowest BCUT2D eigenvalue weighted by Gasteiger charge is -2.42. The molecule has 1 aliphatic rings. The molecule has 2 atom stereocenters. The number of halogens is 3. The molecule has 1 heterocycles. The first-order valence-corrected chi connectivity index (χ1v) is 6.08. The van der Waals surface area contributed by atoms with E-state index in [1.807, 2.05) is 6.92 Å². The summed E-state index contributed by atoms with van der Waals surface area (Å²) in [4.78, 5) is 0. The molecule has 90 valence electrons. The van der Waals surface area contributed by atoms with Crippen molar-refractivity contribution in [1.29, 1.82) is 0 Å². The van der Waals surface area contributed by atoms with Gasteiger partial charge in [0, 0.05) is 17.3 Å². The van der Waals surface area contributed by atoms with Crippen LogP contribution in [0.3, 0.4) is 0 Å². The summed E-state index contributed by atoms with van der Waals surface area (Å²) in [6.45, 7) is 1.26. The molecule has 0 radical (unpaired) electrons. The summed E-state index contributed by atoms with van der Waals surface area (Å²) in [6, 6.07) is 0. The van der Waals surface area contributed by atoms with E-state index in [0.717, 1.165) is 18.6 Å². The second-order valence-corrected chi connectivity index (χ2v) is 5.39. The van der Waals surface area contributed by atoms with Crippen molar-refractivity contribution in [2.24, 2.45) is 5.73 Å². The van der Waals surface area contributed by atoms with Crippen LogP contribution in [0.4, 0.5) is 13.2 Å². The lowest BCUT2D eigenvalue weighted by Crippen LogP contribution is -2.60. The topological polar surface area (TPSA) is 38.0 Å². The van der Waals surface area contributed by atoms with Crippen molar-refractivity contribution < 1.29 is 13.2 Å². The second-order valence-electron chi connectivity index (χ2n) is 3.95. The van der Waals surface area contributed by atoms with Crippen LogP contribution in [-0.4, -0.2) is 35.8 Å². The molecular formula is C9H17F3N2S. The van der Waals surface area contributed by atoms with Crippen LogP contribution in [0, 0.1) is 0 Å². The quantitative estimate of drug-likeness (QED) is 0.792. The second kappa shape index (κ2) is 4.93. The molecule has 3 N–H and O–H groups in total. The summed E-state index contributed by atoms with van der Waals surface area (Å²) >= 11 is 1.69. The van der Waals surface area contributed by atoms with Gasteiger partial charge in [-0.25, -0.2) is 0 Å². The van der Waals surface area contributed by atoms with Gasteiger partial charge in [-0.15, -0.1) is 0 Å². The van der Waals surface area contributed by atoms with Gasteiger partial charge >= 0.3 is 6.18 Å². The zero-order valence-electron chi connectivity index (χ0n) is 8.73. The van der Waals surface area contributed by atoms with Crippen molar-refractivity contribution >= 4 is 11.8 Å². The Bertz CT molecular complexity index is 210. The Labute approximate surface area is 92.2 Å². The molecule has 2 nitrogen and oxygen atoms in total. The Balaban J connectivity index is 2.59. The third-order valence-corrected chi connectivity index (χ3v) is 4.39. The molecule has 1 rings (SSSR count). The third kappa shape index (κ3) is 3.53. The van der Waals surface area contributed by atoms with Crippen LogP contribution >= 0.6 is 11.8 Å². The fourth-order valence-electron chi connectivity index (χ4n) is 1.86. The van der Waals surface area contributed by atoms with Gasteiger partial charge in [0.1, 0.15) is 0 Å². The maximum atomic E-state index is 12.1. The summed E-state index contributed by atoms with van der Waals surface area (Å²) in [5.41, 5.74) is 5.07. The van der Waals surface area contributed by atoms with Gasteiger partial charge in [-0.3, -0.25) is 0 Å². The predicted molar refractivity (Wildman–Crippen MR) is 57.0 cm³/mol. The number of hydrogen-bond donors (Lipinski definition) is 2. The molecule has 1 saturated heterocycles. The summed E-state index contributed by atoms with van der Waals surface area (Å²) in [5, 5.41) is 2.74.